The summed E-state index contributed by atoms with van der Waals surface area (Å²) in [5, 5.41) is 0.833. The van der Waals surface area contributed by atoms with Crippen LogP contribution in [0.15, 0.2) is 24.3 Å². The maximum absolute atomic E-state index is 12.5. The summed E-state index contributed by atoms with van der Waals surface area (Å²) in [5.74, 6) is 1.62. The number of amides is 1. The van der Waals surface area contributed by atoms with Gasteiger partial charge in [0.15, 0.2) is 0 Å². The molecule has 1 fully saturated rings. The number of carbonyl (C=O) groups excluding carboxylic acids is 1. The lowest BCUT2D eigenvalue weighted by Crippen LogP contribution is -2.29. The van der Waals surface area contributed by atoms with Crippen molar-refractivity contribution in [2.75, 3.05) is 12.8 Å². The number of unbranched alkanes of at least 4 members (excludes halogenated alkanes) is 1. The average molecular weight is 336 g/mol. The van der Waals surface area contributed by atoms with Crippen LogP contribution in [0, 0.1) is 0 Å². The molecule has 1 aliphatic carbocycles. The van der Waals surface area contributed by atoms with Crippen molar-refractivity contribution < 1.29 is 4.79 Å². The number of nitrogens with zero attached hydrogens (tertiary/aromatic N) is 1. The molecule has 0 spiro atoms. The number of fused-ring (bicyclic) bond motifs is 1. The van der Waals surface area contributed by atoms with Crippen molar-refractivity contribution in [3.8, 4) is 0 Å². The topological polar surface area (TPSA) is 20.3 Å². The predicted molar refractivity (Wildman–Crippen MR) is 97.2 cm³/mol. The largest absolute Gasteiger partial charge is 0.339 e. The number of carbonyl (C=O) groups is 1. The molecule has 0 aromatic heterocycles. The Hall–Kier alpha value is -0.610. The molecule has 0 radical (unpaired) electrons. The first-order valence-electron chi connectivity index (χ1n) is 8.37. The molecule has 4 heteroatoms. The molecule has 120 valence electrons. The summed E-state index contributed by atoms with van der Waals surface area (Å²) >= 11 is 0. The first-order valence-corrected chi connectivity index (χ1v) is 10.8. The van der Waals surface area contributed by atoms with Crippen molar-refractivity contribution in [1.82, 2.24) is 4.90 Å². The predicted octanol–water partition coefficient (Wildman–Crippen LogP) is 4.85. The molecule has 2 aliphatic rings. The van der Waals surface area contributed by atoms with Gasteiger partial charge in [0.05, 0.1) is 6.04 Å². The lowest BCUT2D eigenvalue weighted by Gasteiger charge is -2.25. The summed E-state index contributed by atoms with van der Waals surface area (Å²) in [6.45, 7) is 0. The molecule has 1 aromatic carbocycles. The van der Waals surface area contributed by atoms with Crippen LogP contribution in [0.5, 0.6) is 0 Å². The Labute approximate surface area is 141 Å². The van der Waals surface area contributed by atoms with Crippen LogP contribution in [-0.4, -0.2) is 28.9 Å². The first-order chi connectivity index (χ1) is 10.8. The third-order valence-electron chi connectivity index (χ3n) is 4.86. The smallest absolute Gasteiger partial charge is 0.222 e. The molecule has 1 amide bonds. The molecule has 2 atom stereocenters. The highest BCUT2D eigenvalue weighted by molar-refractivity contribution is 8.77. The lowest BCUT2D eigenvalue weighted by molar-refractivity contribution is -0.132. The fourth-order valence-corrected chi connectivity index (χ4v) is 6.53. The van der Waals surface area contributed by atoms with E-state index in [1.165, 1.54) is 36.1 Å². The molecule has 2 nitrogen and oxygen atoms in total. The summed E-state index contributed by atoms with van der Waals surface area (Å²) < 4.78 is 0. The third-order valence-corrected chi connectivity index (χ3v) is 7.86. The minimum Gasteiger partial charge on any atom is -0.339 e. The van der Waals surface area contributed by atoms with E-state index in [1.807, 2.05) is 33.5 Å². The van der Waals surface area contributed by atoms with Crippen molar-refractivity contribution in [1.29, 1.82) is 0 Å². The van der Waals surface area contributed by atoms with Gasteiger partial charge in [-0.15, -0.1) is 0 Å². The molecule has 1 heterocycles. The summed E-state index contributed by atoms with van der Waals surface area (Å²) in [6.07, 6.45) is 7.76. The summed E-state index contributed by atoms with van der Waals surface area (Å²) in [4.78, 5) is 14.4. The van der Waals surface area contributed by atoms with Gasteiger partial charge < -0.3 is 4.90 Å². The molecular weight excluding hydrogens is 310 g/mol. The van der Waals surface area contributed by atoms with Crippen LogP contribution in [-0.2, 0) is 11.2 Å². The number of aryl methyl sites for hydroxylation is 1. The van der Waals surface area contributed by atoms with E-state index in [-0.39, 0.29) is 0 Å². The molecule has 1 aromatic rings. The first kappa shape index (κ1) is 16.3. The second-order valence-corrected chi connectivity index (χ2v) is 9.12. The monoisotopic (exact) mass is 335 g/mol. The Bertz CT molecular complexity index is 514. The Morgan fingerprint density at radius 3 is 2.95 bits per heavy atom. The summed E-state index contributed by atoms with van der Waals surface area (Å²) in [7, 11) is 6.03. The SMILES string of the molecule is CN(C(=O)CCCCC1CCSS1)C1CCc2ccccc21. The van der Waals surface area contributed by atoms with Gasteiger partial charge in [-0.05, 0) is 43.2 Å². The average Bonchev–Trinajstić information content (AvgIpc) is 3.20. The van der Waals surface area contributed by atoms with Crippen molar-refractivity contribution in [3.05, 3.63) is 35.4 Å². The zero-order valence-electron chi connectivity index (χ0n) is 13.3. The Balaban J connectivity index is 1.44. The molecule has 0 N–H and O–H groups in total. The van der Waals surface area contributed by atoms with Crippen LogP contribution in [0.4, 0.5) is 0 Å². The molecule has 1 aliphatic heterocycles. The Morgan fingerprint density at radius 2 is 2.14 bits per heavy atom. The Morgan fingerprint density at radius 1 is 1.27 bits per heavy atom. The van der Waals surface area contributed by atoms with Crippen molar-refractivity contribution >= 4 is 27.5 Å². The standard InChI is InChI=1S/C18H25NOS2/c1-19(17-11-10-14-6-2-4-8-16(14)17)18(20)9-5-3-7-15-12-13-21-22-15/h2,4,6,8,15,17H,3,5,7,9-13H2,1H3. The van der Waals surface area contributed by atoms with Crippen LogP contribution in [0.3, 0.4) is 0 Å². The number of hydrogen-bond acceptors (Lipinski definition) is 3. The van der Waals surface area contributed by atoms with E-state index < -0.39 is 0 Å². The van der Waals surface area contributed by atoms with Gasteiger partial charge in [0.25, 0.3) is 0 Å². The van der Waals surface area contributed by atoms with E-state index in [0.717, 1.165) is 24.5 Å². The fraction of sp³-hybridized carbons (Fsp3) is 0.611. The second-order valence-electron chi connectivity index (χ2n) is 6.33. The van der Waals surface area contributed by atoms with Gasteiger partial charge in [0, 0.05) is 24.5 Å². The third kappa shape index (κ3) is 3.83. The number of rotatable bonds is 6. The van der Waals surface area contributed by atoms with E-state index >= 15 is 0 Å². The van der Waals surface area contributed by atoms with E-state index in [2.05, 4.69) is 24.3 Å². The van der Waals surface area contributed by atoms with Gasteiger partial charge in [-0.25, -0.2) is 0 Å². The van der Waals surface area contributed by atoms with Gasteiger partial charge in [-0.3, -0.25) is 4.79 Å². The van der Waals surface area contributed by atoms with E-state index in [9.17, 15) is 4.79 Å². The van der Waals surface area contributed by atoms with Crippen LogP contribution in [0.1, 0.15) is 55.7 Å². The minimum absolute atomic E-state index is 0.297. The Kier molecular flexibility index (Phi) is 5.75. The zero-order chi connectivity index (χ0) is 15.4. The van der Waals surface area contributed by atoms with Crippen LogP contribution >= 0.6 is 21.6 Å². The number of benzene rings is 1. The fourth-order valence-electron chi connectivity index (χ4n) is 3.50. The second kappa shape index (κ2) is 7.78. The highest BCUT2D eigenvalue weighted by Crippen LogP contribution is 2.40. The van der Waals surface area contributed by atoms with Gasteiger partial charge >= 0.3 is 0 Å². The zero-order valence-corrected chi connectivity index (χ0v) is 14.9. The highest BCUT2D eigenvalue weighted by atomic mass is 33.1. The molecule has 0 saturated carbocycles. The molecule has 2 unspecified atom stereocenters. The summed E-state index contributed by atoms with van der Waals surface area (Å²) in [5.41, 5.74) is 2.78. The normalized spacial score (nSPS) is 23.5. The van der Waals surface area contributed by atoms with Crippen LogP contribution in [0.25, 0.3) is 0 Å². The number of hydrogen-bond donors (Lipinski definition) is 0. The van der Waals surface area contributed by atoms with E-state index in [1.54, 1.807) is 0 Å². The van der Waals surface area contributed by atoms with Crippen molar-refractivity contribution in [2.45, 2.75) is 56.2 Å². The summed E-state index contributed by atoms with van der Waals surface area (Å²) in [6, 6.07) is 8.87. The van der Waals surface area contributed by atoms with Crippen LogP contribution < -0.4 is 0 Å². The minimum atomic E-state index is 0.297. The highest BCUT2D eigenvalue weighted by Gasteiger charge is 2.27. The van der Waals surface area contributed by atoms with E-state index in [4.69, 9.17) is 0 Å². The molecular formula is C18H25NOS2. The van der Waals surface area contributed by atoms with Crippen molar-refractivity contribution in [2.24, 2.45) is 0 Å². The molecule has 0 bridgehead atoms. The lowest BCUT2D eigenvalue weighted by atomic mass is 10.1. The van der Waals surface area contributed by atoms with Crippen LogP contribution in [0.2, 0.25) is 0 Å². The molecule has 22 heavy (non-hydrogen) atoms. The van der Waals surface area contributed by atoms with Crippen molar-refractivity contribution in [3.63, 3.8) is 0 Å². The maximum Gasteiger partial charge on any atom is 0.222 e. The molecule has 3 rings (SSSR count). The van der Waals surface area contributed by atoms with Gasteiger partial charge in [0.2, 0.25) is 5.91 Å². The maximum atomic E-state index is 12.5. The molecule has 1 saturated heterocycles. The van der Waals surface area contributed by atoms with Gasteiger partial charge in [-0.1, -0.05) is 52.3 Å². The quantitative estimate of drug-likeness (QED) is 0.548. The van der Waals surface area contributed by atoms with Gasteiger partial charge in [0.1, 0.15) is 0 Å². The van der Waals surface area contributed by atoms with Gasteiger partial charge in [-0.2, -0.15) is 0 Å². The van der Waals surface area contributed by atoms with E-state index in [0.29, 0.717) is 18.4 Å².